The zero-order valence-corrected chi connectivity index (χ0v) is 17.8. The highest BCUT2D eigenvalue weighted by atomic mass is 16.5. The fraction of sp³-hybridized carbons (Fsp3) is 0.292. The van der Waals surface area contributed by atoms with Crippen molar-refractivity contribution < 1.29 is 9.53 Å². The van der Waals surface area contributed by atoms with Gasteiger partial charge in [-0.1, -0.05) is 24.3 Å². The van der Waals surface area contributed by atoms with Gasteiger partial charge in [-0.05, 0) is 50.2 Å². The molecule has 0 saturated carbocycles. The van der Waals surface area contributed by atoms with Crippen molar-refractivity contribution in [1.82, 2.24) is 20.2 Å². The zero-order valence-electron chi connectivity index (χ0n) is 17.8. The molecule has 31 heavy (non-hydrogen) atoms. The van der Waals surface area contributed by atoms with Crippen LogP contribution in [-0.2, 0) is 6.54 Å². The highest BCUT2D eigenvalue weighted by Gasteiger charge is 2.33. The summed E-state index contributed by atoms with van der Waals surface area (Å²) in [6.07, 6.45) is 1.77. The van der Waals surface area contributed by atoms with Gasteiger partial charge < -0.3 is 20.3 Å². The minimum Gasteiger partial charge on any atom is -0.457 e. The van der Waals surface area contributed by atoms with Gasteiger partial charge in [-0.3, -0.25) is 4.79 Å². The maximum atomic E-state index is 13.4. The van der Waals surface area contributed by atoms with Gasteiger partial charge in [-0.2, -0.15) is 0 Å². The largest absolute Gasteiger partial charge is 0.457 e. The fourth-order valence-corrected chi connectivity index (χ4v) is 3.83. The predicted molar refractivity (Wildman–Crippen MR) is 120 cm³/mol. The third-order valence-electron chi connectivity index (χ3n) is 5.28. The Morgan fingerprint density at radius 1 is 1.06 bits per heavy atom. The van der Waals surface area contributed by atoms with E-state index in [1.807, 2.05) is 73.6 Å². The fourth-order valence-electron chi connectivity index (χ4n) is 3.83. The second-order valence-electron chi connectivity index (χ2n) is 7.48. The van der Waals surface area contributed by atoms with Crippen molar-refractivity contribution in [2.75, 3.05) is 26.0 Å². The molecule has 0 aliphatic carbocycles. The first-order chi connectivity index (χ1) is 15.2. The Labute approximate surface area is 182 Å². The number of hydrogen-bond donors (Lipinski definition) is 2. The quantitative estimate of drug-likeness (QED) is 0.605. The van der Waals surface area contributed by atoms with E-state index in [2.05, 4.69) is 15.6 Å². The van der Waals surface area contributed by atoms with Gasteiger partial charge in [0.25, 0.3) is 5.91 Å². The molecule has 0 spiro atoms. The molecule has 1 amide bonds. The minimum absolute atomic E-state index is 0.0327. The third kappa shape index (κ3) is 4.83. The molecule has 160 valence electrons. The van der Waals surface area contributed by atoms with Crippen molar-refractivity contribution in [1.29, 1.82) is 0 Å². The number of hydrogen-bond acceptors (Lipinski definition) is 6. The van der Waals surface area contributed by atoms with Crippen LogP contribution in [0.15, 0.2) is 60.7 Å². The normalized spacial score (nSPS) is 15.7. The van der Waals surface area contributed by atoms with Gasteiger partial charge in [0.2, 0.25) is 0 Å². The number of amides is 1. The Kier molecular flexibility index (Phi) is 6.43. The summed E-state index contributed by atoms with van der Waals surface area (Å²) in [5.74, 6) is 2.78. The second-order valence-corrected chi connectivity index (χ2v) is 7.48. The molecule has 1 fully saturated rings. The Balaban J connectivity index is 1.57. The summed E-state index contributed by atoms with van der Waals surface area (Å²) >= 11 is 0. The summed E-state index contributed by atoms with van der Waals surface area (Å²) in [4.78, 5) is 24.6. The molecule has 1 aliphatic heterocycles. The van der Waals surface area contributed by atoms with E-state index in [0.29, 0.717) is 30.2 Å². The van der Waals surface area contributed by atoms with E-state index >= 15 is 0 Å². The van der Waals surface area contributed by atoms with Crippen LogP contribution in [0.5, 0.6) is 11.5 Å². The monoisotopic (exact) mass is 417 g/mol. The highest BCUT2D eigenvalue weighted by Crippen LogP contribution is 2.33. The molecule has 1 aromatic heterocycles. The van der Waals surface area contributed by atoms with E-state index in [1.165, 1.54) is 0 Å². The third-order valence-corrected chi connectivity index (χ3v) is 5.28. The first-order valence-electron chi connectivity index (χ1n) is 10.5. The van der Waals surface area contributed by atoms with E-state index in [-0.39, 0.29) is 11.9 Å². The lowest BCUT2D eigenvalue weighted by atomic mass is 10.1. The van der Waals surface area contributed by atoms with Crippen molar-refractivity contribution >= 4 is 11.7 Å². The summed E-state index contributed by atoms with van der Waals surface area (Å²) in [5, 5.41) is 6.22. The van der Waals surface area contributed by atoms with Crippen LogP contribution in [0.1, 0.15) is 40.8 Å². The standard InChI is InChI=1S/C24H27N5O2/c1-25-16-18-15-22(26-2)28-23(27-18)21-12-7-13-29(21)24(30)17-8-6-11-20(14-17)31-19-9-4-3-5-10-19/h3-6,8-11,14-15,21,25H,7,12-13,16H2,1-2H3,(H,26,27,28). The van der Waals surface area contributed by atoms with Gasteiger partial charge in [-0.15, -0.1) is 0 Å². The lowest BCUT2D eigenvalue weighted by Crippen LogP contribution is -2.31. The van der Waals surface area contributed by atoms with Gasteiger partial charge in [0, 0.05) is 31.8 Å². The Morgan fingerprint density at radius 2 is 1.87 bits per heavy atom. The van der Waals surface area contributed by atoms with Gasteiger partial charge in [0.15, 0.2) is 5.82 Å². The van der Waals surface area contributed by atoms with Crippen molar-refractivity contribution in [3.05, 3.63) is 77.7 Å². The van der Waals surface area contributed by atoms with Gasteiger partial charge in [0.1, 0.15) is 17.3 Å². The number of aromatic nitrogens is 2. The Hall–Kier alpha value is -3.45. The molecule has 7 heteroatoms. The first-order valence-corrected chi connectivity index (χ1v) is 10.5. The topological polar surface area (TPSA) is 79.4 Å². The van der Waals surface area contributed by atoms with Crippen LogP contribution in [0.2, 0.25) is 0 Å². The molecule has 2 N–H and O–H groups in total. The van der Waals surface area contributed by atoms with Crippen LogP contribution in [0, 0.1) is 0 Å². The molecule has 2 heterocycles. The number of rotatable bonds is 7. The average Bonchev–Trinajstić information content (AvgIpc) is 3.29. The number of ether oxygens (including phenoxy) is 1. The van der Waals surface area contributed by atoms with Gasteiger partial charge in [0.05, 0.1) is 11.7 Å². The maximum Gasteiger partial charge on any atom is 0.254 e. The van der Waals surface area contributed by atoms with Crippen molar-refractivity contribution in [3.8, 4) is 11.5 Å². The molecule has 1 atom stereocenters. The van der Waals surface area contributed by atoms with E-state index < -0.39 is 0 Å². The molecule has 2 aromatic carbocycles. The van der Waals surface area contributed by atoms with Crippen LogP contribution < -0.4 is 15.4 Å². The Bertz CT molecular complexity index is 1040. The molecule has 0 bridgehead atoms. The van der Waals surface area contributed by atoms with Crippen LogP contribution in [0.25, 0.3) is 0 Å². The Morgan fingerprint density at radius 3 is 2.65 bits per heavy atom. The molecule has 1 unspecified atom stereocenters. The molecular weight excluding hydrogens is 390 g/mol. The second kappa shape index (κ2) is 9.57. The number of benzene rings is 2. The number of nitrogens with one attached hydrogen (secondary N) is 2. The molecule has 7 nitrogen and oxygen atoms in total. The number of anilines is 1. The number of carbonyl (C=O) groups is 1. The summed E-state index contributed by atoms with van der Waals surface area (Å²) in [7, 11) is 3.72. The van der Waals surface area contributed by atoms with E-state index in [9.17, 15) is 4.79 Å². The minimum atomic E-state index is -0.143. The SMILES string of the molecule is CNCc1cc(NC)nc(C2CCCN2C(=O)c2cccc(Oc3ccccc3)c2)n1. The molecule has 0 radical (unpaired) electrons. The lowest BCUT2D eigenvalue weighted by molar-refractivity contribution is 0.0729. The van der Waals surface area contributed by atoms with Gasteiger partial charge >= 0.3 is 0 Å². The van der Waals surface area contributed by atoms with Crippen LogP contribution in [-0.4, -0.2) is 41.4 Å². The summed E-state index contributed by atoms with van der Waals surface area (Å²) < 4.78 is 5.91. The average molecular weight is 418 g/mol. The van der Waals surface area contributed by atoms with E-state index in [4.69, 9.17) is 9.72 Å². The van der Waals surface area contributed by atoms with Crippen molar-refractivity contribution in [2.24, 2.45) is 0 Å². The van der Waals surface area contributed by atoms with Crippen LogP contribution in [0.4, 0.5) is 5.82 Å². The molecule has 3 aromatic rings. The van der Waals surface area contributed by atoms with E-state index in [0.717, 1.165) is 30.1 Å². The first kappa shape index (κ1) is 20.8. The number of para-hydroxylation sites is 1. The number of likely N-dealkylation sites (tertiary alicyclic amines) is 1. The van der Waals surface area contributed by atoms with Crippen molar-refractivity contribution in [2.45, 2.75) is 25.4 Å². The highest BCUT2D eigenvalue weighted by molar-refractivity contribution is 5.95. The van der Waals surface area contributed by atoms with Crippen LogP contribution >= 0.6 is 0 Å². The number of nitrogens with zero attached hydrogens (tertiary/aromatic N) is 3. The smallest absolute Gasteiger partial charge is 0.254 e. The predicted octanol–water partition coefficient (Wildman–Crippen LogP) is 4.01. The molecule has 1 saturated heterocycles. The van der Waals surface area contributed by atoms with E-state index in [1.54, 1.807) is 6.07 Å². The summed E-state index contributed by atoms with van der Waals surface area (Å²) in [6.45, 7) is 1.32. The van der Waals surface area contributed by atoms with Crippen LogP contribution in [0.3, 0.4) is 0 Å². The van der Waals surface area contributed by atoms with Crippen molar-refractivity contribution in [3.63, 3.8) is 0 Å². The molecule has 1 aliphatic rings. The van der Waals surface area contributed by atoms with Gasteiger partial charge in [-0.25, -0.2) is 9.97 Å². The number of carbonyl (C=O) groups excluding carboxylic acids is 1. The molecular formula is C24H27N5O2. The summed E-state index contributed by atoms with van der Waals surface area (Å²) in [5.41, 5.74) is 1.50. The zero-order chi connectivity index (χ0) is 21.6. The lowest BCUT2D eigenvalue weighted by Gasteiger charge is -2.24. The molecule has 4 rings (SSSR count). The summed E-state index contributed by atoms with van der Waals surface area (Å²) in [6, 6.07) is 18.7. The maximum absolute atomic E-state index is 13.4.